The maximum Gasteiger partial charge on any atom is 0.273 e. The summed E-state index contributed by atoms with van der Waals surface area (Å²) in [5.74, 6) is 0.135. The fourth-order valence-corrected chi connectivity index (χ4v) is 2.51. The summed E-state index contributed by atoms with van der Waals surface area (Å²) in [6, 6.07) is 18.5. The molecule has 1 heterocycles. The van der Waals surface area contributed by atoms with Gasteiger partial charge in [-0.15, -0.1) is 0 Å². The number of rotatable bonds is 6. The molecule has 0 aliphatic carbocycles. The van der Waals surface area contributed by atoms with Gasteiger partial charge in [0.2, 0.25) is 0 Å². The number of amides is 1. The van der Waals surface area contributed by atoms with Crippen molar-refractivity contribution >= 4 is 11.6 Å². The number of hydrogen-bond acceptors (Lipinski definition) is 5. The average molecular weight is 351 g/mol. The topological polar surface area (TPSA) is 78.6 Å². The van der Waals surface area contributed by atoms with E-state index >= 15 is 0 Å². The molecule has 0 aliphatic rings. The summed E-state index contributed by atoms with van der Waals surface area (Å²) in [5, 5.41) is 16.7. The molecule has 0 saturated carbocycles. The number of nitrogens with one attached hydrogen (secondary N) is 1. The lowest BCUT2D eigenvalue weighted by Crippen LogP contribution is -2.28. The van der Waals surface area contributed by atoms with Crippen LogP contribution < -0.4 is 10.2 Å². The van der Waals surface area contributed by atoms with Crippen LogP contribution in [0.3, 0.4) is 0 Å². The molecule has 0 spiro atoms. The van der Waals surface area contributed by atoms with Crippen molar-refractivity contribution in [2.45, 2.75) is 6.10 Å². The van der Waals surface area contributed by atoms with Crippen molar-refractivity contribution < 1.29 is 14.4 Å². The number of benzene rings is 2. The average Bonchev–Trinajstić information content (AvgIpc) is 3.17. The summed E-state index contributed by atoms with van der Waals surface area (Å²) in [6.07, 6.45) is -0.796. The molecule has 0 fully saturated rings. The van der Waals surface area contributed by atoms with Crippen LogP contribution in [0.5, 0.6) is 0 Å². The van der Waals surface area contributed by atoms with E-state index in [0.717, 1.165) is 16.8 Å². The van der Waals surface area contributed by atoms with Gasteiger partial charge in [0.05, 0.1) is 6.10 Å². The number of hydrogen-bond donors (Lipinski definition) is 2. The minimum Gasteiger partial charge on any atom is -0.387 e. The molecule has 1 unspecified atom stereocenters. The predicted molar refractivity (Wildman–Crippen MR) is 100 cm³/mol. The second kappa shape index (κ2) is 7.84. The largest absolute Gasteiger partial charge is 0.387 e. The van der Waals surface area contributed by atoms with E-state index in [1.165, 1.54) is 0 Å². The van der Waals surface area contributed by atoms with Gasteiger partial charge < -0.3 is 19.8 Å². The lowest BCUT2D eigenvalue weighted by molar-refractivity contribution is 0.0907. The van der Waals surface area contributed by atoms with Crippen LogP contribution >= 0.6 is 0 Å². The maximum atomic E-state index is 12.2. The fourth-order valence-electron chi connectivity index (χ4n) is 2.51. The van der Waals surface area contributed by atoms with Crippen molar-refractivity contribution in [2.75, 3.05) is 25.5 Å². The molecule has 0 aliphatic heterocycles. The normalized spacial score (nSPS) is 11.8. The Morgan fingerprint density at radius 3 is 2.50 bits per heavy atom. The summed E-state index contributed by atoms with van der Waals surface area (Å²) in [4.78, 5) is 14.2. The van der Waals surface area contributed by atoms with Gasteiger partial charge in [-0.05, 0) is 17.7 Å². The van der Waals surface area contributed by atoms with E-state index in [2.05, 4.69) is 10.5 Å². The van der Waals surface area contributed by atoms with Gasteiger partial charge in [0.25, 0.3) is 5.91 Å². The zero-order valence-electron chi connectivity index (χ0n) is 14.7. The van der Waals surface area contributed by atoms with Crippen LogP contribution in [0.2, 0.25) is 0 Å². The van der Waals surface area contributed by atoms with Crippen molar-refractivity contribution in [3.8, 4) is 11.3 Å². The summed E-state index contributed by atoms with van der Waals surface area (Å²) in [6.45, 7) is 0.0909. The van der Waals surface area contributed by atoms with Crippen molar-refractivity contribution in [2.24, 2.45) is 0 Å². The van der Waals surface area contributed by atoms with E-state index in [9.17, 15) is 9.90 Å². The molecule has 0 saturated heterocycles. The van der Waals surface area contributed by atoms with Gasteiger partial charge in [0.1, 0.15) is 0 Å². The van der Waals surface area contributed by atoms with Gasteiger partial charge >= 0.3 is 0 Å². The molecule has 3 aromatic rings. The molecule has 1 amide bonds. The Kier molecular flexibility index (Phi) is 5.34. The zero-order chi connectivity index (χ0) is 18.5. The first-order valence-electron chi connectivity index (χ1n) is 8.30. The second-order valence-corrected chi connectivity index (χ2v) is 6.15. The monoisotopic (exact) mass is 351 g/mol. The third kappa shape index (κ3) is 4.10. The van der Waals surface area contributed by atoms with Gasteiger partial charge in [0, 0.05) is 38.0 Å². The molecule has 3 rings (SSSR count). The summed E-state index contributed by atoms with van der Waals surface area (Å²) >= 11 is 0. The molecule has 2 N–H and O–H groups in total. The van der Waals surface area contributed by atoms with Crippen LogP contribution in [0.4, 0.5) is 5.69 Å². The van der Waals surface area contributed by atoms with Crippen LogP contribution in [-0.2, 0) is 0 Å². The number of carbonyl (C=O) groups excluding carboxylic acids is 1. The SMILES string of the molecule is CN(C)c1ccc(C(O)CNC(=O)c2cc(-c3ccccc3)on2)cc1. The maximum absolute atomic E-state index is 12.2. The summed E-state index contributed by atoms with van der Waals surface area (Å²) < 4.78 is 5.22. The number of carbonyl (C=O) groups is 1. The highest BCUT2D eigenvalue weighted by Crippen LogP contribution is 2.20. The van der Waals surface area contributed by atoms with E-state index in [0.29, 0.717) is 5.76 Å². The minimum absolute atomic E-state index is 0.0909. The number of aliphatic hydroxyl groups excluding tert-OH is 1. The van der Waals surface area contributed by atoms with Gasteiger partial charge in [0.15, 0.2) is 11.5 Å². The van der Waals surface area contributed by atoms with E-state index in [1.807, 2.05) is 73.6 Å². The van der Waals surface area contributed by atoms with Crippen LogP contribution in [-0.4, -0.2) is 36.8 Å². The van der Waals surface area contributed by atoms with Gasteiger partial charge in [-0.25, -0.2) is 0 Å². The molecule has 1 aromatic heterocycles. The van der Waals surface area contributed by atoms with Crippen molar-refractivity contribution in [3.63, 3.8) is 0 Å². The molecule has 2 aromatic carbocycles. The van der Waals surface area contributed by atoms with Gasteiger partial charge in [-0.2, -0.15) is 0 Å². The standard InChI is InChI=1S/C20H21N3O3/c1-23(2)16-10-8-14(9-11-16)18(24)13-21-20(25)17-12-19(26-22-17)15-6-4-3-5-7-15/h3-12,18,24H,13H2,1-2H3,(H,21,25). The molecule has 1 atom stereocenters. The smallest absolute Gasteiger partial charge is 0.273 e. The van der Waals surface area contributed by atoms with E-state index < -0.39 is 6.10 Å². The molecular weight excluding hydrogens is 330 g/mol. The molecule has 134 valence electrons. The van der Waals surface area contributed by atoms with Gasteiger partial charge in [-0.3, -0.25) is 4.79 Å². The molecule has 6 nitrogen and oxygen atoms in total. The molecule has 0 bridgehead atoms. The highest BCUT2D eigenvalue weighted by atomic mass is 16.5. The highest BCUT2D eigenvalue weighted by molar-refractivity contribution is 5.93. The van der Waals surface area contributed by atoms with Crippen LogP contribution in [0.1, 0.15) is 22.2 Å². The number of anilines is 1. The molecule has 6 heteroatoms. The first-order chi connectivity index (χ1) is 12.5. The Morgan fingerprint density at radius 2 is 1.85 bits per heavy atom. The van der Waals surface area contributed by atoms with Crippen molar-refractivity contribution in [1.82, 2.24) is 10.5 Å². The number of nitrogens with zero attached hydrogens (tertiary/aromatic N) is 2. The number of aromatic nitrogens is 1. The first kappa shape index (κ1) is 17.7. The zero-order valence-corrected chi connectivity index (χ0v) is 14.7. The summed E-state index contributed by atoms with van der Waals surface area (Å²) in [7, 11) is 3.90. The second-order valence-electron chi connectivity index (χ2n) is 6.15. The Morgan fingerprint density at radius 1 is 1.15 bits per heavy atom. The third-order valence-corrected chi connectivity index (χ3v) is 4.05. The number of aliphatic hydroxyl groups is 1. The molecule has 26 heavy (non-hydrogen) atoms. The minimum atomic E-state index is -0.796. The van der Waals surface area contributed by atoms with Crippen LogP contribution in [0.25, 0.3) is 11.3 Å². The lowest BCUT2D eigenvalue weighted by Gasteiger charge is -2.15. The van der Waals surface area contributed by atoms with E-state index in [4.69, 9.17) is 4.52 Å². The molecule has 0 radical (unpaired) electrons. The van der Waals surface area contributed by atoms with Gasteiger partial charge in [-0.1, -0.05) is 47.6 Å². The van der Waals surface area contributed by atoms with Crippen molar-refractivity contribution in [1.29, 1.82) is 0 Å². The Labute approximate surface area is 152 Å². The van der Waals surface area contributed by atoms with E-state index in [-0.39, 0.29) is 18.1 Å². The fraction of sp³-hybridized carbons (Fsp3) is 0.200. The Hall–Kier alpha value is -3.12. The predicted octanol–water partition coefficient (Wildman–Crippen LogP) is 2.87. The Balaban J connectivity index is 1.59. The first-order valence-corrected chi connectivity index (χ1v) is 8.30. The van der Waals surface area contributed by atoms with E-state index in [1.54, 1.807) is 6.07 Å². The van der Waals surface area contributed by atoms with Crippen molar-refractivity contribution in [3.05, 3.63) is 71.9 Å². The highest BCUT2D eigenvalue weighted by Gasteiger charge is 2.15. The third-order valence-electron chi connectivity index (χ3n) is 4.05. The van der Waals surface area contributed by atoms with Crippen LogP contribution in [0.15, 0.2) is 65.2 Å². The lowest BCUT2D eigenvalue weighted by atomic mass is 10.1. The summed E-state index contributed by atoms with van der Waals surface area (Å²) in [5.41, 5.74) is 2.81. The quantitative estimate of drug-likeness (QED) is 0.714. The Bertz CT molecular complexity index is 858. The van der Waals surface area contributed by atoms with Crippen LogP contribution in [0, 0.1) is 0 Å². The molecular formula is C20H21N3O3.